The highest BCUT2D eigenvalue weighted by Crippen LogP contribution is 2.14. The van der Waals surface area contributed by atoms with Crippen LogP contribution in [0.3, 0.4) is 0 Å². The van der Waals surface area contributed by atoms with Gasteiger partial charge in [0.2, 0.25) is 10.0 Å². The zero-order valence-electron chi connectivity index (χ0n) is 6.63. The van der Waals surface area contributed by atoms with Crippen LogP contribution in [0.4, 0.5) is 0 Å². The van der Waals surface area contributed by atoms with Gasteiger partial charge in [0.1, 0.15) is 6.54 Å². The second-order valence-electron chi connectivity index (χ2n) is 2.86. The van der Waals surface area contributed by atoms with Crippen LogP contribution < -0.4 is 0 Å². The third-order valence-electron chi connectivity index (χ3n) is 1.79. The van der Waals surface area contributed by atoms with E-state index in [-0.39, 0.29) is 26.2 Å². The molecular formula is C5H10N2O4S. The third kappa shape index (κ3) is 1.81. The second kappa shape index (κ2) is 2.77. The molecule has 1 aliphatic heterocycles. The minimum absolute atomic E-state index is 0.0105. The number of hydrogen-bond donors (Lipinski definition) is 0. The maximum absolute atomic E-state index is 11.2. The summed E-state index contributed by atoms with van der Waals surface area (Å²) < 4.78 is 21.7. The molecule has 12 heavy (non-hydrogen) atoms. The van der Waals surface area contributed by atoms with Crippen molar-refractivity contribution in [1.82, 2.24) is 4.31 Å². The first-order valence-corrected chi connectivity index (χ1v) is 5.21. The van der Waals surface area contributed by atoms with Crippen molar-refractivity contribution >= 4 is 16.4 Å². The first-order valence-electron chi connectivity index (χ1n) is 3.37. The average molecular weight is 194 g/mol. The van der Waals surface area contributed by atoms with Gasteiger partial charge < -0.3 is 5.21 Å². The molecule has 1 aliphatic rings. The van der Waals surface area contributed by atoms with Gasteiger partial charge in [-0.3, -0.25) is 4.65 Å². The van der Waals surface area contributed by atoms with Crippen LogP contribution in [0.5, 0.6) is 0 Å². The first kappa shape index (κ1) is 9.59. The predicted octanol–water partition coefficient (Wildman–Crippen LogP) is -1.31. The third-order valence-corrected chi connectivity index (χ3v) is 3.02. The van der Waals surface area contributed by atoms with Crippen LogP contribution in [0, 0.1) is 5.21 Å². The highest BCUT2D eigenvalue weighted by molar-refractivity contribution is 7.88. The molecule has 0 N–H and O–H groups in total. The minimum atomic E-state index is -3.32. The molecule has 7 heteroatoms. The summed E-state index contributed by atoms with van der Waals surface area (Å²) in [7, 11) is -3.32. The van der Waals surface area contributed by atoms with Gasteiger partial charge in [-0.25, -0.2) is 13.2 Å². The van der Waals surface area contributed by atoms with Gasteiger partial charge >= 0.3 is 6.41 Å². The summed E-state index contributed by atoms with van der Waals surface area (Å²) in [6, 6.07) is 0. The van der Waals surface area contributed by atoms with Crippen molar-refractivity contribution in [2.75, 3.05) is 26.0 Å². The summed E-state index contributed by atoms with van der Waals surface area (Å²) in [5, 5.41) is 11.2. The Morgan fingerprint density at radius 1 is 1.58 bits per heavy atom. The van der Waals surface area contributed by atoms with E-state index in [2.05, 4.69) is 0 Å². The van der Waals surface area contributed by atoms with Gasteiger partial charge in [-0.05, 0) is 0 Å². The number of hydrogen-bond acceptors (Lipinski definition) is 4. The summed E-state index contributed by atoms with van der Waals surface area (Å²) in [4.78, 5) is 10.2. The van der Waals surface area contributed by atoms with E-state index in [1.807, 2.05) is 0 Å². The van der Waals surface area contributed by atoms with Crippen LogP contribution in [0.25, 0.3) is 0 Å². The van der Waals surface area contributed by atoms with Crippen molar-refractivity contribution < 1.29 is 17.9 Å². The van der Waals surface area contributed by atoms with Crippen LogP contribution in [0.1, 0.15) is 0 Å². The maximum atomic E-state index is 11.2. The summed E-state index contributed by atoms with van der Waals surface area (Å²) in [6.45, 7) is -0.153. The van der Waals surface area contributed by atoms with Crippen LogP contribution in [-0.4, -0.2) is 49.8 Å². The van der Waals surface area contributed by atoms with Crippen molar-refractivity contribution in [2.45, 2.75) is 0 Å². The van der Waals surface area contributed by atoms with Crippen LogP contribution in [-0.2, 0) is 14.8 Å². The highest BCUT2D eigenvalue weighted by Gasteiger charge is 2.34. The van der Waals surface area contributed by atoms with Crippen LogP contribution in [0.15, 0.2) is 0 Å². The Kier molecular flexibility index (Phi) is 2.21. The monoisotopic (exact) mass is 194 g/mol. The van der Waals surface area contributed by atoms with E-state index in [9.17, 15) is 18.4 Å². The Labute approximate surface area is 70.6 Å². The predicted molar refractivity (Wildman–Crippen MR) is 41.0 cm³/mol. The lowest BCUT2D eigenvalue weighted by Gasteiger charge is -2.29. The highest BCUT2D eigenvalue weighted by atomic mass is 32.2. The van der Waals surface area contributed by atoms with Gasteiger partial charge in [0.25, 0.3) is 0 Å². The lowest BCUT2D eigenvalue weighted by Crippen LogP contribution is -2.40. The molecule has 0 aliphatic carbocycles. The minimum Gasteiger partial charge on any atom is -0.624 e. The molecule has 1 fully saturated rings. The summed E-state index contributed by atoms with van der Waals surface area (Å²) in [5.41, 5.74) is 0. The van der Waals surface area contributed by atoms with E-state index < -0.39 is 14.7 Å². The zero-order valence-corrected chi connectivity index (χ0v) is 7.45. The van der Waals surface area contributed by atoms with Crippen LogP contribution >= 0.6 is 0 Å². The molecule has 0 saturated carbocycles. The van der Waals surface area contributed by atoms with E-state index in [1.165, 1.54) is 0 Å². The molecule has 1 heterocycles. The SMILES string of the molecule is CS(=O)(=O)N1CC[N+]([O-])(C=O)C1. The molecule has 70 valence electrons. The van der Waals surface area contributed by atoms with Gasteiger partial charge in [0.05, 0.1) is 12.8 Å². The van der Waals surface area contributed by atoms with Gasteiger partial charge in [-0.15, -0.1) is 4.31 Å². The molecule has 0 spiro atoms. The van der Waals surface area contributed by atoms with Crippen molar-refractivity contribution in [1.29, 1.82) is 0 Å². The molecule has 1 amide bonds. The molecule has 0 aromatic heterocycles. The van der Waals surface area contributed by atoms with Gasteiger partial charge in [-0.2, -0.15) is 0 Å². The molecule has 6 nitrogen and oxygen atoms in total. The number of carbonyl (C=O) groups excluding carboxylic acids is 1. The normalized spacial score (nSPS) is 32.2. The molecule has 1 rings (SSSR count). The quantitative estimate of drug-likeness (QED) is 0.310. The van der Waals surface area contributed by atoms with E-state index in [0.717, 1.165) is 10.6 Å². The van der Waals surface area contributed by atoms with Crippen molar-refractivity contribution in [3.63, 3.8) is 0 Å². The molecule has 0 bridgehead atoms. The topological polar surface area (TPSA) is 77.5 Å². The largest absolute Gasteiger partial charge is 0.624 e. The van der Waals surface area contributed by atoms with Crippen molar-refractivity contribution in [3.05, 3.63) is 5.21 Å². The average Bonchev–Trinajstić information content (AvgIpc) is 2.32. The number of quaternary nitrogens is 1. The Morgan fingerprint density at radius 2 is 2.17 bits per heavy atom. The molecule has 0 aromatic carbocycles. The summed E-state index contributed by atoms with van der Waals surface area (Å²) in [5.74, 6) is 0. The molecule has 1 atom stereocenters. The Hall–Kier alpha value is -0.500. The fourth-order valence-electron chi connectivity index (χ4n) is 1.05. The fourth-order valence-corrected chi connectivity index (χ4v) is 1.86. The van der Waals surface area contributed by atoms with Gasteiger partial charge in [-0.1, -0.05) is 0 Å². The molecular weight excluding hydrogens is 184 g/mol. The zero-order chi connectivity index (χ0) is 9.41. The van der Waals surface area contributed by atoms with Gasteiger partial charge in [0.15, 0.2) is 6.67 Å². The maximum Gasteiger partial charge on any atom is 0.302 e. The van der Waals surface area contributed by atoms with Crippen LogP contribution in [0.2, 0.25) is 0 Å². The lowest BCUT2D eigenvalue weighted by molar-refractivity contribution is -0.784. The smallest absolute Gasteiger partial charge is 0.302 e. The van der Waals surface area contributed by atoms with Crippen molar-refractivity contribution in [2.24, 2.45) is 0 Å². The van der Waals surface area contributed by atoms with Crippen molar-refractivity contribution in [3.8, 4) is 0 Å². The molecule has 1 unspecified atom stereocenters. The first-order chi connectivity index (χ1) is 5.37. The van der Waals surface area contributed by atoms with E-state index in [0.29, 0.717) is 0 Å². The van der Waals surface area contributed by atoms with E-state index in [1.54, 1.807) is 0 Å². The standard InChI is InChI=1S/C5H10N2O4S/c1-12(10,11)6-2-3-7(9,4-6)5-8/h5H,2-4H2,1H3. The molecule has 0 aromatic rings. The summed E-state index contributed by atoms with van der Waals surface area (Å²) in [6.07, 6.45) is 1.25. The fraction of sp³-hybridized carbons (Fsp3) is 0.800. The van der Waals surface area contributed by atoms with E-state index in [4.69, 9.17) is 0 Å². The molecule has 1 saturated heterocycles. The number of rotatable bonds is 2. The Morgan fingerprint density at radius 3 is 2.42 bits per heavy atom. The summed E-state index contributed by atoms with van der Waals surface area (Å²) >= 11 is 0. The Balaban J connectivity index is 2.76. The number of sulfonamides is 1. The van der Waals surface area contributed by atoms with Gasteiger partial charge in [0, 0.05) is 0 Å². The Bertz CT molecular complexity index is 288. The second-order valence-corrected chi connectivity index (χ2v) is 4.84. The molecule has 0 radical (unpaired) electrons. The number of nitrogens with zero attached hydrogens (tertiary/aromatic N) is 2. The lowest BCUT2D eigenvalue weighted by atomic mass is 10.6. The number of amides is 1. The number of hydroxylamine groups is 3. The number of carbonyl (C=O) groups is 1. The van der Waals surface area contributed by atoms with E-state index >= 15 is 0 Å².